The first-order chi connectivity index (χ1) is 6.10. The average molecular weight is 369 g/mol. The minimum atomic E-state index is -1.13. The molecule has 0 aromatic rings. The van der Waals surface area contributed by atoms with Crippen molar-refractivity contribution in [1.82, 2.24) is 0 Å². The first-order valence-corrected chi connectivity index (χ1v) is 6.50. The molecule has 0 spiro atoms. The number of rotatable bonds is 3. The second-order valence-electron chi connectivity index (χ2n) is 4.11. The monoisotopic (exact) mass is 366 g/mol. The summed E-state index contributed by atoms with van der Waals surface area (Å²) in [4.78, 5) is 10.6. The molecule has 1 aliphatic carbocycles. The van der Waals surface area contributed by atoms with E-state index in [9.17, 15) is 4.79 Å². The van der Waals surface area contributed by atoms with E-state index >= 15 is 0 Å². The van der Waals surface area contributed by atoms with Crippen LogP contribution in [0, 0.1) is 17.3 Å². The van der Waals surface area contributed by atoms with E-state index in [2.05, 4.69) is 31.9 Å². The molecule has 3 atom stereocenters. The van der Waals surface area contributed by atoms with Crippen LogP contribution >= 0.6 is 55.1 Å². The summed E-state index contributed by atoms with van der Waals surface area (Å²) in [5.41, 5.74) is -0.261. The fourth-order valence-corrected chi connectivity index (χ4v) is 3.44. The molecule has 1 rings (SSSR count). The lowest BCUT2D eigenvalue weighted by atomic mass is 10.1. The van der Waals surface area contributed by atoms with Crippen LogP contribution in [0.3, 0.4) is 0 Å². The van der Waals surface area contributed by atoms with Crippen LogP contribution in [0.1, 0.15) is 13.8 Å². The van der Waals surface area contributed by atoms with Crippen LogP contribution in [0.25, 0.3) is 0 Å². The molecule has 82 valence electrons. The van der Waals surface area contributed by atoms with Crippen molar-refractivity contribution >= 4 is 61.0 Å². The Morgan fingerprint density at radius 3 is 2.21 bits per heavy atom. The Morgan fingerprint density at radius 2 is 2.00 bits per heavy atom. The number of hydrogen-bond donors (Lipinski definition) is 1. The quantitative estimate of drug-likeness (QED) is 0.772. The first-order valence-electron chi connectivity index (χ1n) is 4.03. The fraction of sp³-hybridized carbons (Fsp3) is 0.875. The Hall–Kier alpha value is 1.01. The van der Waals surface area contributed by atoms with E-state index < -0.39 is 9.21 Å². The van der Waals surface area contributed by atoms with E-state index in [1.807, 2.05) is 13.8 Å². The minimum absolute atomic E-state index is 0.0608. The number of halogens is 4. The zero-order chi connectivity index (χ0) is 11.3. The SMILES string of the molecule is CC1(C)[C@@H]([C@@H](Br)C(Cl)(Cl)Br)[C@H]1C(=O)O. The molecule has 1 saturated carbocycles. The highest BCUT2D eigenvalue weighted by Gasteiger charge is 2.67. The van der Waals surface area contributed by atoms with Crippen molar-refractivity contribution in [1.29, 1.82) is 0 Å². The molecule has 1 aliphatic rings. The molecular weight excluding hydrogens is 359 g/mol. The van der Waals surface area contributed by atoms with E-state index in [0.717, 1.165) is 0 Å². The molecule has 14 heavy (non-hydrogen) atoms. The maximum absolute atomic E-state index is 10.9. The summed E-state index contributed by atoms with van der Waals surface area (Å²) in [6, 6.07) is 0. The van der Waals surface area contributed by atoms with Gasteiger partial charge in [0.05, 0.1) is 10.7 Å². The van der Waals surface area contributed by atoms with Gasteiger partial charge in [0.15, 0.2) is 3.24 Å². The topological polar surface area (TPSA) is 37.3 Å². The molecule has 0 aromatic carbocycles. The predicted octanol–water partition coefficient (Wildman–Crippen LogP) is 3.63. The van der Waals surface area contributed by atoms with Crippen LogP contribution < -0.4 is 0 Å². The summed E-state index contributed by atoms with van der Waals surface area (Å²) in [5.74, 6) is -1.25. The van der Waals surface area contributed by atoms with Gasteiger partial charge in [0.25, 0.3) is 0 Å². The summed E-state index contributed by atoms with van der Waals surface area (Å²) in [6.07, 6.45) is 0. The predicted molar refractivity (Wildman–Crippen MR) is 64.5 cm³/mol. The average Bonchev–Trinajstić information content (AvgIpc) is 2.49. The smallest absolute Gasteiger partial charge is 0.307 e. The van der Waals surface area contributed by atoms with E-state index in [0.29, 0.717) is 0 Å². The van der Waals surface area contributed by atoms with Crippen molar-refractivity contribution < 1.29 is 9.90 Å². The first kappa shape index (κ1) is 13.1. The van der Waals surface area contributed by atoms with Gasteiger partial charge in [0.2, 0.25) is 0 Å². The molecule has 2 nitrogen and oxygen atoms in total. The van der Waals surface area contributed by atoms with Gasteiger partial charge in [0.1, 0.15) is 0 Å². The highest BCUT2D eigenvalue weighted by molar-refractivity contribution is 9.13. The molecule has 1 fully saturated rings. The second-order valence-corrected chi connectivity index (χ2v) is 8.64. The van der Waals surface area contributed by atoms with Gasteiger partial charge >= 0.3 is 5.97 Å². The number of alkyl halides is 4. The summed E-state index contributed by atoms with van der Waals surface area (Å²) in [7, 11) is 0. The third-order valence-electron chi connectivity index (χ3n) is 2.80. The number of hydrogen-bond acceptors (Lipinski definition) is 1. The van der Waals surface area contributed by atoms with E-state index in [4.69, 9.17) is 28.3 Å². The van der Waals surface area contributed by atoms with Crippen LogP contribution in [-0.4, -0.2) is 19.1 Å². The maximum atomic E-state index is 10.9. The van der Waals surface area contributed by atoms with E-state index in [1.54, 1.807) is 0 Å². The van der Waals surface area contributed by atoms with E-state index in [-0.39, 0.29) is 22.1 Å². The lowest BCUT2D eigenvalue weighted by molar-refractivity contribution is -0.139. The highest BCUT2D eigenvalue weighted by atomic mass is 79.9. The number of carboxylic acid groups (broad SMARTS) is 1. The Morgan fingerprint density at radius 1 is 1.57 bits per heavy atom. The van der Waals surface area contributed by atoms with Crippen LogP contribution in [0.15, 0.2) is 0 Å². The molecule has 0 heterocycles. The molecule has 0 saturated heterocycles. The molecule has 0 aliphatic heterocycles. The summed E-state index contributed by atoms with van der Waals surface area (Å²) < 4.78 is -1.13. The fourth-order valence-electron chi connectivity index (χ4n) is 1.90. The van der Waals surface area contributed by atoms with Gasteiger partial charge in [0, 0.05) is 0 Å². The lowest BCUT2D eigenvalue weighted by Gasteiger charge is -2.19. The van der Waals surface area contributed by atoms with Crippen molar-refractivity contribution in [3.05, 3.63) is 0 Å². The molecule has 0 amide bonds. The lowest BCUT2D eigenvalue weighted by Crippen LogP contribution is -2.23. The number of carboxylic acids is 1. The third-order valence-corrected chi connectivity index (χ3v) is 6.17. The summed E-state index contributed by atoms with van der Waals surface area (Å²) in [5, 5.41) is 8.95. The van der Waals surface area contributed by atoms with E-state index in [1.165, 1.54) is 0 Å². The molecule has 0 bridgehead atoms. The van der Waals surface area contributed by atoms with Gasteiger partial charge in [-0.2, -0.15) is 0 Å². The van der Waals surface area contributed by atoms with Gasteiger partial charge in [-0.1, -0.05) is 53.0 Å². The zero-order valence-electron chi connectivity index (χ0n) is 7.60. The van der Waals surface area contributed by atoms with Crippen LogP contribution in [-0.2, 0) is 4.79 Å². The van der Waals surface area contributed by atoms with Crippen LogP contribution in [0.4, 0.5) is 0 Å². The zero-order valence-corrected chi connectivity index (χ0v) is 12.3. The van der Waals surface area contributed by atoms with Crippen molar-refractivity contribution in [2.45, 2.75) is 21.9 Å². The van der Waals surface area contributed by atoms with Gasteiger partial charge in [-0.05, 0) is 27.3 Å². The van der Waals surface area contributed by atoms with Crippen LogP contribution in [0.2, 0.25) is 0 Å². The Kier molecular flexibility index (Phi) is 3.54. The normalized spacial score (nSPS) is 32.4. The highest BCUT2D eigenvalue weighted by Crippen LogP contribution is 2.64. The van der Waals surface area contributed by atoms with Gasteiger partial charge in [-0.3, -0.25) is 4.79 Å². The van der Waals surface area contributed by atoms with Crippen molar-refractivity contribution in [2.24, 2.45) is 17.3 Å². The number of aliphatic carboxylic acids is 1. The third kappa shape index (κ3) is 2.23. The summed E-state index contributed by atoms with van der Waals surface area (Å²) in [6.45, 7) is 3.80. The molecule has 1 N–H and O–H groups in total. The van der Waals surface area contributed by atoms with Crippen molar-refractivity contribution in [2.75, 3.05) is 0 Å². The van der Waals surface area contributed by atoms with Gasteiger partial charge < -0.3 is 5.11 Å². The van der Waals surface area contributed by atoms with Crippen LogP contribution in [0.5, 0.6) is 0 Å². The summed E-state index contributed by atoms with van der Waals surface area (Å²) >= 11 is 18.2. The van der Waals surface area contributed by atoms with Crippen molar-refractivity contribution in [3.8, 4) is 0 Å². The van der Waals surface area contributed by atoms with Gasteiger partial charge in [-0.25, -0.2) is 0 Å². The largest absolute Gasteiger partial charge is 0.481 e. The Bertz CT molecular complexity index is 263. The molecule has 0 unspecified atom stereocenters. The second kappa shape index (κ2) is 3.79. The van der Waals surface area contributed by atoms with Crippen molar-refractivity contribution in [3.63, 3.8) is 0 Å². The maximum Gasteiger partial charge on any atom is 0.307 e. The Balaban J connectivity index is 2.79. The Labute approximate surface area is 110 Å². The minimum Gasteiger partial charge on any atom is -0.481 e. The van der Waals surface area contributed by atoms with Gasteiger partial charge in [-0.15, -0.1) is 0 Å². The molecule has 6 heteroatoms. The number of carbonyl (C=O) groups is 1. The molecular formula is C8H10Br2Cl2O2. The molecule has 0 aromatic heterocycles. The molecule has 0 radical (unpaired) electrons. The standard InChI is InChI=1S/C8H10Br2Cl2O2/c1-7(2)3(4(7)6(13)14)5(9)8(10,11)12/h3-5H,1-2H3,(H,13,14)/t3-,4+,5-/m1/s1.